The van der Waals surface area contributed by atoms with Crippen molar-refractivity contribution < 1.29 is 0 Å². The second-order valence-corrected chi connectivity index (χ2v) is 4.66. The maximum Gasteiger partial charge on any atom is 0.147 e. The fraction of sp³-hybridized carbons (Fsp3) is 0.385. The van der Waals surface area contributed by atoms with E-state index in [2.05, 4.69) is 32.7 Å². The van der Waals surface area contributed by atoms with Gasteiger partial charge in [-0.1, -0.05) is 12.1 Å². The Kier molecular flexibility index (Phi) is 2.76. The van der Waals surface area contributed by atoms with Gasteiger partial charge in [-0.25, -0.2) is 0 Å². The van der Waals surface area contributed by atoms with Crippen LogP contribution in [0.2, 0.25) is 0 Å². The van der Waals surface area contributed by atoms with E-state index in [1.807, 2.05) is 12.1 Å². The van der Waals surface area contributed by atoms with E-state index in [4.69, 9.17) is 5.73 Å². The van der Waals surface area contributed by atoms with Gasteiger partial charge in [0, 0.05) is 25.3 Å². The van der Waals surface area contributed by atoms with Gasteiger partial charge in [0.2, 0.25) is 0 Å². The molecule has 5 heteroatoms. The number of hydrogen-bond acceptors (Lipinski definition) is 4. The van der Waals surface area contributed by atoms with Crippen LogP contribution in [0, 0.1) is 0 Å². The predicted octanol–water partition coefficient (Wildman–Crippen LogP) is 1.40. The van der Waals surface area contributed by atoms with Crippen LogP contribution in [0.3, 0.4) is 0 Å². The van der Waals surface area contributed by atoms with Crippen LogP contribution in [0.25, 0.3) is 0 Å². The number of anilines is 1. The van der Waals surface area contributed by atoms with Crippen LogP contribution in [-0.2, 0) is 26.2 Å². The quantitative estimate of drug-likeness (QED) is 0.828. The summed E-state index contributed by atoms with van der Waals surface area (Å²) in [6.07, 6.45) is 1.78. The van der Waals surface area contributed by atoms with Crippen LogP contribution in [0.15, 0.2) is 24.5 Å². The predicted molar refractivity (Wildman–Crippen MR) is 69.5 cm³/mol. The zero-order valence-corrected chi connectivity index (χ0v) is 10.5. The van der Waals surface area contributed by atoms with Crippen molar-refractivity contribution in [3.63, 3.8) is 0 Å². The largest absolute Gasteiger partial charge is 0.398 e. The van der Waals surface area contributed by atoms with Gasteiger partial charge in [0.25, 0.3) is 0 Å². The monoisotopic (exact) mass is 243 g/mol. The molecule has 1 aromatic heterocycles. The van der Waals surface area contributed by atoms with Crippen LogP contribution in [0.5, 0.6) is 0 Å². The fourth-order valence-corrected chi connectivity index (χ4v) is 2.49. The molecular formula is C13H17N5. The molecule has 0 aliphatic carbocycles. The molecule has 1 aliphatic heterocycles. The van der Waals surface area contributed by atoms with Crippen molar-refractivity contribution in [2.45, 2.75) is 33.1 Å². The molecule has 0 amide bonds. The van der Waals surface area contributed by atoms with E-state index in [-0.39, 0.29) is 0 Å². The topological polar surface area (TPSA) is 60.0 Å². The van der Waals surface area contributed by atoms with Gasteiger partial charge < -0.3 is 10.3 Å². The average molecular weight is 243 g/mol. The Hall–Kier alpha value is -1.88. The summed E-state index contributed by atoms with van der Waals surface area (Å²) < 4.78 is 2.08. The summed E-state index contributed by atoms with van der Waals surface area (Å²) in [7, 11) is 0. The lowest BCUT2D eigenvalue weighted by Gasteiger charge is -2.14. The Morgan fingerprint density at radius 3 is 3.00 bits per heavy atom. The maximum atomic E-state index is 6.00. The van der Waals surface area contributed by atoms with Crippen LogP contribution in [0.1, 0.15) is 23.9 Å². The molecule has 5 nitrogen and oxygen atoms in total. The van der Waals surface area contributed by atoms with E-state index in [1.54, 1.807) is 6.33 Å². The standard InChI is InChI=1S/C13H17N5/c1-2-18-9-15-16-13(18)8-17-6-10-4-3-5-12(14)11(10)7-17/h3-5,9H,2,6-8,14H2,1H3. The van der Waals surface area contributed by atoms with Gasteiger partial charge in [-0.05, 0) is 24.1 Å². The van der Waals surface area contributed by atoms with Crippen molar-refractivity contribution in [1.82, 2.24) is 19.7 Å². The van der Waals surface area contributed by atoms with Gasteiger partial charge in [-0.3, -0.25) is 4.90 Å². The van der Waals surface area contributed by atoms with Crippen LogP contribution < -0.4 is 5.73 Å². The van der Waals surface area contributed by atoms with Crippen molar-refractivity contribution >= 4 is 5.69 Å². The molecule has 0 bridgehead atoms. The van der Waals surface area contributed by atoms with Gasteiger partial charge in [-0.15, -0.1) is 10.2 Å². The summed E-state index contributed by atoms with van der Waals surface area (Å²) in [5, 5.41) is 8.14. The molecule has 18 heavy (non-hydrogen) atoms. The highest BCUT2D eigenvalue weighted by atomic mass is 15.3. The Morgan fingerprint density at radius 2 is 2.22 bits per heavy atom. The van der Waals surface area contributed by atoms with Gasteiger partial charge >= 0.3 is 0 Å². The third-order valence-electron chi connectivity index (χ3n) is 3.49. The molecule has 0 spiro atoms. The molecule has 2 heterocycles. The molecule has 94 valence electrons. The third-order valence-corrected chi connectivity index (χ3v) is 3.49. The first kappa shape index (κ1) is 11.2. The Bertz CT molecular complexity index is 560. The summed E-state index contributed by atoms with van der Waals surface area (Å²) in [6, 6.07) is 6.14. The number of hydrogen-bond donors (Lipinski definition) is 1. The molecule has 2 aromatic rings. The van der Waals surface area contributed by atoms with Crippen molar-refractivity contribution in [3.8, 4) is 0 Å². The van der Waals surface area contributed by atoms with Gasteiger partial charge in [-0.2, -0.15) is 0 Å². The van der Waals surface area contributed by atoms with E-state index in [0.29, 0.717) is 0 Å². The first-order chi connectivity index (χ1) is 8.78. The zero-order chi connectivity index (χ0) is 12.5. The summed E-state index contributed by atoms with van der Waals surface area (Å²) >= 11 is 0. The summed E-state index contributed by atoms with van der Waals surface area (Å²) in [5.41, 5.74) is 9.49. The molecule has 0 fully saturated rings. The minimum absolute atomic E-state index is 0.821. The van der Waals surface area contributed by atoms with Crippen molar-refractivity contribution in [2.24, 2.45) is 0 Å². The first-order valence-electron chi connectivity index (χ1n) is 6.23. The molecule has 3 rings (SSSR count). The van der Waals surface area contributed by atoms with Crippen LogP contribution in [0.4, 0.5) is 5.69 Å². The molecule has 2 N–H and O–H groups in total. The lowest BCUT2D eigenvalue weighted by molar-refractivity contribution is 0.264. The minimum Gasteiger partial charge on any atom is -0.398 e. The first-order valence-corrected chi connectivity index (χ1v) is 6.23. The van der Waals surface area contributed by atoms with Crippen LogP contribution in [-0.4, -0.2) is 19.7 Å². The molecule has 0 saturated heterocycles. The van der Waals surface area contributed by atoms with Gasteiger partial charge in [0.05, 0.1) is 6.54 Å². The number of nitrogens with zero attached hydrogens (tertiary/aromatic N) is 4. The van der Waals surface area contributed by atoms with E-state index >= 15 is 0 Å². The summed E-state index contributed by atoms with van der Waals surface area (Å²) in [6.45, 7) is 5.67. The van der Waals surface area contributed by atoms with Crippen molar-refractivity contribution in [1.29, 1.82) is 0 Å². The van der Waals surface area contributed by atoms with E-state index in [1.165, 1.54) is 11.1 Å². The maximum absolute atomic E-state index is 6.00. The molecule has 1 aliphatic rings. The Balaban J connectivity index is 1.77. The number of benzene rings is 1. The Morgan fingerprint density at radius 1 is 1.33 bits per heavy atom. The molecule has 0 unspecified atom stereocenters. The van der Waals surface area contributed by atoms with Gasteiger partial charge in [0.15, 0.2) is 0 Å². The Labute approximate surface area is 106 Å². The molecule has 1 aromatic carbocycles. The SMILES string of the molecule is CCn1cnnc1CN1Cc2cccc(N)c2C1. The average Bonchev–Trinajstić information content (AvgIpc) is 2.96. The van der Waals surface area contributed by atoms with E-state index in [9.17, 15) is 0 Å². The van der Waals surface area contributed by atoms with E-state index < -0.39 is 0 Å². The van der Waals surface area contributed by atoms with Crippen LogP contribution >= 0.6 is 0 Å². The number of aromatic nitrogens is 3. The normalized spacial score (nSPS) is 14.9. The molecule has 0 radical (unpaired) electrons. The smallest absolute Gasteiger partial charge is 0.147 e. The fourth-order valence-electron chi connectivity index (χ4n) is 2.49. The highest BCUT2D eigenvalue weighted by molar-refractivity contribution is 5.52. The molecule has 0 saturated carbocycles. The van der Waals surface area contributed by atoms with Crippen molar-refractivity contribution in [2.75, 3.05) is 5.73 Å². The van der Waals surface area contributed by atoms with Crippen molar-refractivity contribution in [3.05, 3.63) is 41.5 Å². The lowest BCUT2D eigenvalue weighted by Crippen LogP contribution is -2.19. The minimum atomic E-state index is 0.821. The second kappa shape index (κ2) is 4.42. The zero-order valence-electron chi connectivity index (χ0n) is 10.5. The summed E-state index contributed by atoms with van der Waals surface area (Å²) in [5.74, 6) is 1.02. The number of nitrogen functional groups attached to an aromatic ring is 1. The second-order valence-electron chi connectivity index (χ2n) is 4.66. The number of nitrogens with two attached hydrogens (primary N) is 1. The number of fused-ring (bicyclic) bond motifs is 1. The van der Waals surface area contributed by atoms with Gasteiger partial charge in [0.1, 0.15) is 12.2 Å². The molecular weight excluding hydrogens is 226 g/mol. The molecule has 0 atom stereocenters. The number of aryl methyl sites for hydroxylation is 1. The highest BCUT2D eigenvalue weighted by Gasteiger charge is 2.21. The third kappa shape index (κ3) is 1.86. The summed E-state index contributed by atoms with van der Waals surface area (Å²) in [4.78, 5) is 2.34. The lowest BCUT2D eigenvalue weighted by atomic mass is 10.1. The number of rotatable bonds is 3. The van der Waals surface area contributed by atoms with E-state index in [0.717, 1.165) is 37.7 Å². The highest BCUT2D eigenvalue weighted by Crippen LogP contribution is 2.28.